The van der Waals surface area contributed by atoms with Crippen LogP contribution in [0, 0.1) is 22.9 Å². The third-order valence-electron chi connectivity index (χ3n) is 3.96. The average Bonchev–Trinajstić information content (AvgIpc) is 2.90. The minimum absolute atomic E-state index is 0.0102. The summed E-state index contributed by atoms with van der Waals surface area (Å²) in [5.74, 6) is -0.978. The molecule has 0 aromatic carbocycles. The number of aryl methyl sites for hydroxylation is 1. The van der Waals surface area contributed by atoms with Crippen molar-refractivity contribution in [2.45, 2.75) is 6.92 Å². The number of nitro groups is 1. The van der Waals surface area contributed by atoms with Crippen molar-refractivity contribution in [2.24, 2.45) is 7.05 Å². The molecule has 2 aromatic heterocycles. The molecule has 0 radical (unpaired) electrons. The fourth-order valence-corrected chi connectivity index (χ4v) is 2.22. The number of rotatable bonds is 6. The lowest BCUT2D eigenvalue weighted by atomic mass is 10.2. The molecule has 0 aliphatic heterocycles. The molecule has 0 N–H and O–H groups in total. The number of halogens is 1. The number of hydrogen-bond donors (Lipinski definition) is 0. The molecule has 0 atom stereocenters. The second-order valence-electron chi connectivity index (χ2n) is 5.67. The van der Waals surface area contributed by atoms with Crippen molar-refractivity contribution in [3.63, 3.8) is 0 Å². The van der Waals surface area contributed by atoms with Gasteiger partial charge in [0, 0.05) is 39.9 Å². The SMILES string of the molecule is Cc1c(C(=O)N(C)CCN(C)c2ncc([N+](=O)[O-])cc2F)cnn1C. The number of carbonyl (C=O) groups excluding carboxylic acids is 1. The minimum atomic E-state index is -0.784. The highest BCUT2D eigenvalue weighted by molar-refractivity contribution is 5.94. The van der Waals surface area contributed by atoms with Gasteiger partial charge < -0.3 is 9.80 Å². The molecule has 0 unspecified atom stereocenters. The smallest absolute Gasteiger partial charge is 0.290 e. The Morgan fingerprint density at radius 3 is 2.56 bits per heavy atom. The van der Waals surface area contributed by atoms with Crippen LogP contribution in [0.2, 0.25) is 0 Å². The van der Waals surface area contributed by atoms with Crippen LogP contribution in [-0.2, 0) is 7.05 Å². The number of aromatic nitrogens is 3. The summed E-state index contributed by atoms with van der Waals surface area (Å²) in [5, 5.41) is 14.7. The Balaban J connectivity index is 2.02. The highest BCUT2D eigenvalue weighted by Crippen LogP contribution is 2.19. The fourth-order valence-electron chi connectivity index (χ4n) is 2.22. The molecule has 1 amide bonds. The van der Waals surface area contributed by atoms with E-state index in [1.54, 1.807) is 32.7 Å². The van der Waals surface area contributed by atoms with E-state index in [-0.39, 0.29) is 11.7 Å². The molecule has 9 nitrogen and oxygen atoms in total. The zero-order valence-corrected chi connectivity index (χ0v) is 14.4. The second-order valence-corrected chi connectivity index (χ2v) is 5.67. The van der Waals surface area contributed by atoms with Gasteiger partial charge in [-0.05, 0) is 6.92 Å². The highest BCUT2D eigenvalue weighted by atomic mass is 19.1. The zero-order chi connectivity index (χ0) is 18.7. The number of nitrogens with zero attached hydrogens (tertiary/aromatic N) is 6. The molecule has 0 bridgehead atoms. The first-order valence-corrected chi connectivity index (χ1v) is 7.47. The molecule has 0 aliphatic carbocycles. The molecule has 0 spiro atoms. The lowest BCUT2D eigenvalue weighted by molar-refractivity contribution is -0.385. The van der Waals surface area contributed by atoms with E-state index < -0.39 is 16.4 Å². The van der Waals surface area contributed by atoms with Crippen LogP contribution in [0.3, 0.4) is 0 Å². The molecule has 2 heterocycles. The predicted molar refractivity (Wildman–Crippen MR) is 89.0 cm³/mol. The number of hydrogen-bond acceptors (Lipinski definition) is 6. The fraction of sp³-hybridized carbons (Fsp3) is 0.400. The lowest BCUT2D eigenvalue weighted by Crippen LogP contribution is -2.35. The van der Waals surface area contributed by atoms with Crippen molar-refractivity contribution in [1.82, 2.24) is 19.7 Å². The van der Waals surface area contributed by atoms with E-state index in [2.05, 4.69) is 10.1 Å². The summed E-state index contributed by atoms with van der Waals surface area (Å²) >= 11 is 0. The maximum atomic E-state index is 14.0. The Bertz CT molecular complexity index is 807. The van der Waals surface area contributed by atoms with E-state index in [0.717, 1.165) is 18.0 Å². The Kier molecular flexibility index (Phi) is 5.30. The summed E-state index contributed by atoms with van der Waals surface area (Å²) < 4.78 is 15.6. The largest absolute Gasteiger partial charge is 0.355 e. The summed E-state index contributed by atoms with van der Waals surface area (Å²) in [6, 6.07) is 0.826. The molecule has 0 saturated carbocycles. The van der Waals surface area contributed by atoms with Crippen molar-refractivity contribution in [3.05, 3.63) is 45.6 Å². The van der Waals surface area contributed by atoms with Gasteiger partial charge >= 0.3 is 0 Å². The quantitative estimate of drug-likeness (QED) is 0.577. The van der Waals surface area contributed by atoms with Crippen molar-refractivity contribution < 1.29 is 14.1 Å². The van der Waals surface area contributed by atoms with Gasteiger partial charge in [0.25, 0.3) is 11.6 Å². The van der Waals surface area contributed by atoms with Crippen LogP contribution < -0.4 is 4.90 Å². The third kappa shape index (κ3) is 3.90. The molecule has 0 saturated heterocycles. The summed E-state index contributed by atoms with van der Waals surface area (Å²) in [6.07, 6.45) is 2.51. The van der Waals surface area contributed by atoms with Crippen LogP contribution in [0.5, 0.6) is 0 Å². The zero-order valence-electron chi connectivity index (χ0n) is 14.4. The van der Waals surface area contributed by atoms with Crippen molar-refractivity contribution in [1.29, 1.82) is 0 Å². The Labute approximate surface area is 143 Å². The summed E-state index contributed by atoms with van der Waals surface area (Å²) in [4.78, 5) is 29.1. The molecule has 10 heteroatoms. The molecular weight excluding hydrogens is 331 g/mol. The van der Waals surface area contributed by atoms with Gasteiger partial charge in [-0.1, -0.05) is 0 Å². The van der Waals surface area contributed by atoms with Gasteiger partial charge in [-0.2, -0.15) is 5.10 Å². The molecule has 2 rings (SSSR count). The van der Waals surface area contributed by atoms with Crippen molar-refractivity contribution in [3.8, 4) is 0 Å². The topological polar surface area (TPSA) is 97.4 Å². The minimum Gasteiger partial charge on any atom is -0.355 e. The molecule has 2 aromatic rings. The first kappa shape index (κ1) is 18.3. The first-order valence-electron chi connectivity index (χ1n) is 7.47. The van der Waals surface area contributed by atoms with Crippen LogP contribution in [0.1, 0.15) is 16.1 Å². The van der Waals surface area contributed by atoms with Crippen LogP contribution in [-0.4, -0.2) is 57.7 Å². The standard InChI is InChI=1S/C15H19FN6O3/c1-10-12(9-18-21(10)4)15(23)20(3)6-5-19(2)14-13(16)7-11(8-17-14)22(24)25/h7-9H,5-6H2,1-4H3. The van der Waals surface area contributed by atoms with E-state index in [1.807, 2.05) is 0 Å². The molecular formula is C15H19FN6O3. The molecule has 0 aliphatic rings. The highest BCUT2D eigenvalue weighted by Gasteiger charge is 2.19. The summed E-state index contributed by atoms with van der Waals surface area (Å²) in [5.41, 5.74) is 0.856. The average molecular weight is 350 g/mol. The maximum Gasteiger partial charge on any atom is 0.290 e. The maximum absolute atomic E-state index is 14.0. The van der Waals surface area contributed by atoms with Gasteiger partial charge in [-0.3, -0.25) is 19.6 Å². The van der Waals surface area contributed by atoms with E-state index >= 15 is 0 Å². The van der Waals surface area contributed by atoms with Gasteiger partial charge in [0.1, 0.15) is 6.20 Å². The second kappa shape index (κ2) is 7.24. The number of carbonyl (C=O) groups is 1. The third-order valence-corrected chi connectivity index (χ3v) is 3.96. The number of anilines is 1. The van der Waals surface area contributed by atoms with Crippen molar-refractivity contribution >= 4 is 17.4 Å². The van der Waals surface area contributed by atoms with Gasteiger partial charge in [-0.15, -0.1) is 0 Å². The van der Waals surface area contributed by atoms with E-state index in [4.69, 9.17) is 0 Å². The first-order chi connectivity index (χ1) is 11.7. The summed E-state index contributed by atoms with van der Waals surface area (Å²) in [7, 11) is 5.00. The predicted octanol–water partition coefficient (Wildman–Crippen LogP) is 1.38. The van der Waals surface area contributed by atoms with E-state index in [0.29, 0.717) is 18.7 Å². The van der Waals surface area contributed by atoms with Gasteiger partial charge in [0.15, 0.2) is 11.6 Å². The van der Waals surface area contributed by atoms with E-state index in [9.17, 15) is 19.3 Å². The lowest BCUT2D eigenvalue weighted by Gasteiger charge is -2.23. The van der Waals surface area contributed by atoms with E-state index in [1.165, 1.54) is 16.0 Å². The van der Waals surface area contributed by atoms with Crippen molar-refractivity contribution in [2.75, 3.05) is 32.1 Å². The normalized spacial score (nSPS) is 10.6. The monoisotopic (exact) mass is 350 g/mol. The van der Waals surface area contributed by atoms with Crippen LogP contribution >= 0.6 is 0 Å². The van der Waals surface area contributed by atoms with Crippen LogP contribution in [0.15, 0.2) is 18.5 Å². The Morgan fingerprint density at radius 2 is 2.04 bits per heavy atom. The molecule has 134 valence electrons. The summed E-state index contributed by atoms with van der Waals surface area (Å²) in [6.45, 7) is 2.43. The number of likely N-dealkylation sites (N-methyl/N-ethyl adjacent to an activating group) is 2. The van der Waals surface area contributed by atoms with Crippen LogP contribution in [0.25, 0.3) is 0 Å². The molecule has 0 fully saturated rings. The van der Waals surface area contributed by atoms with Gasteiger partial charge in [0.05, 0.1) is 22.7 Å². The Morgan fingerprint density at radius 1 is 1.36 bits per heavy atom. The van der Waals surface area contributed by atoms with Gasteiger partial charge in [0.2, 0.25) is 0 Å². The van der Waals surface area contributed by atoms with Crippen LogP contribution in [0.4, 0.5) is 15.9 Å². The number of amides is 1. The number of pyridine rings is 1. The van der Waals surface area contributed by atoms with Gasteiger partial charge in [-0.25, -0.2) is 9.37 Å². The Hall–Kier alpha value is -3.04. The molecule has 25 heavy (non-hydrogen) atoms.